The van der Waals surface area contributed by atoms with Crippen LogP contribution in [0.15, 0.2) is 48.5 Å². The number of hydrogen-bond donors (Lipinski definition) is 0. The molecule has 5 heteroatoms. The Labute approximate surface area is 156 Å². The Balaban J connectivity index is 1.32. The molecule has 26 heavy (non-hydrogen) atoms. The lowest BCUT2D eigenvalue weighted by Crippen LogP contribution is -2.45. The van der Waals surface area contributed by atoms with Crippen LogP contribution in [0, 0.1) is 0 Å². The minimum absolute atomic E-state index is 0.118. The average molecular weight is 364 g/mol. The molecule has 1 fully saturated rings. The number of carbonyl (C=O) groups excluding carboxylic acids is 1. The minimum atomic E-state index is -0.374. The Morgan fingerprint density at radius 1 is 1.15 bits per heavy atom. The van der Waals surface area contributed by atoms with Crippen LogP contribution in [0.2, 0.25) is 0 Å². The Morgan fingerprint density at radius 2 is 2.00 bits per heavy atom. The van der Waals surface area contributed by atoms with Crippen LogP contribution in [-0.2, 0) is 11.2 Å². The Hall–Kier alpha value is -2.40. The van der Waals surface area contributed by atoms with Crippen LogP contribution in [0.25, 0.3) is 10.2 Å². The highest BCUT2D eigenvalue weighted by Crippen LogP contribution is 2.34. The van der Waals surface area contributed by atoms with Crippen molar-refractivity contribution in [1.29, 1.82) is 0 Å². The molecular formula is C21H20N2O2S. The lowest BCUT2D eigenvalue weighted by atomic mass is 9.98. The molecule has 5 rings (SSSR count). The number of piperidine rings is 1. The van der Waals surface area contributed by atoms with Gasteiger partial charge >= 0.3 is 0 Å². The Morgan fingerprint density at radius 3 is 2.88 bits per heavy atom. The van der Waals surface area contributed by atoms with E-state index >= 15 is 0 Å². The third kappa shape index (κ3) is 2.76. The molecule has 0 radical (unpaired) electrons. The van der Waals surface area contributed by atoms with Crippen LogP contribution in [0.4, 0.5) is 0 Å². The van der Waals surface area contributed by atoms with E-state index in [1.54, 1.807) is 11.3 Å². The first-order valence-electron chi connectivity index (χ1n) is 9.17. The van der Waals surface area contributed by atoms with Gasteiger partial charge in [0.25, 0.3) is 5.91 Å². The first-order valence-corrected chi connectivity index (χ1v) is 9.98. The van der Waals surface area contributed by atoms with Crippen molar-refractivity contribution in [2.24, 2.45) is 0 Å². The summed E-state index contributed by atoms with van der Waals surface area (Å²) in [5, 5.41) is 1.15. The second-order valence-corrected chi connectivity index (χ2v) is 8.12. The molecule has 0 spiro atoms. The van der Waals surface area contributed by atoms with Crippen molar-refractivity contribution in [2.75, 3.05) is 13.1 Å². The molecule has 2 atom stereocenters. The summed E-state index contributed by atoms with van der Waals surface area (Å²) in [6.07, 6.45) is 2.42. The Kier molecular flexibility index (Phi) is 3.89. The van der Waals surface area contributed by atoms with Crippen LogP contribution in [0.1, 0.15) is 29.3 Å². The summed E-state index contributed by atoms with van der Waals surface area (Å²) in [6.45, 7) is 1.56. The van der Waals surface area contributed by atoms with Gasteiger partial charge in [-0.25, -0.2) is 4.98 Å². The predicted molar refractivity (Wildman–Crippen MR) is 103 cm³/mol. The number of likely N-dealkylation sites (tertiary alicyclic amines) is 1. The number of hydrogen-bond acceptors (Lipinski definition) is 4. The normalized spacial score (nSPS) is 22.2. The van der Waals surface area contributed by atoms with Crippen LogP contribution in [0.5, 0.6) is 5.75 Å². The Bertz CT molecular complexity index is 909. The molecule has 2 aromatic carbocycles. The lowest BCUT2D eigenvalue weighted by Gasteiger charge is -2.33. The summed E-state index contributed by atoms with van der Waals surface area (Å²) in [5.41, 5.74) is 2.19. The van der Waals surface area contributed by atoms with Gasteiger partial charge in [0.2, 0.25) is 0 Å². The smallest absolute Gasteiger partial charge is 0.264 e. The van der Waals surface area contributed by atoms with Crippen molar-refractivity contribution in [1.82, 2.24) is 9.88 Å². The maximum atomic E-state index is 13.0. The zero-order chi connectivity index (χ0) is 17.5. The first kappa shape index (κ1) is 15.8. The number of benzene rings is 2. The van der Waals surface area contributed by atoms with Crippen molar-refractivity contribution in [3.63, 3.8) is 0 Å². The van der Waals surface area contributed by atoms with Crippen LogP contribution in [0.3, 0.4) is 0 Å². The van der Waals surface area contributed by atoms with Gasteiger partial charge in [-0.2, -0.15) is 0 Å². The second-order valence-electron chi connectivity index (χ2n) is 7.06. The van der Waals surface area contributed by atoms with Crippen LogP contribution < -0.4 is 4.74 Å². The molecule has 1 aromatic heterocycles. The zero-order valence-corrected chi connectivity index (χ0v) is 15.2. The van der Waals surface area contributed by atoms with Gasteiger partial charge in [-0.05, 0) is 36.6 Å². The molecule has 132 valence electrons. The summed E-state index contributed by atoms with van der Waals surface area (Å²) in [5.74, 6) is 1.30. The van der Waals surface area contributed by atoms with E-state index < -0.39 is 0 Å². The summed E-state index contributed by atoms with van der Waals surface area (Å²) >= 11 is 1.76. The number of amides is 1. The molecule has 4 nitrogen and oxygen atoms in total. The largest absolute Gasteiger partial charge is 0.480 e. The van der Waals surface area contributed by atoms with E-state index in [9.17, 15) is 4.79 Å². The predicted octanol–water partition coefficient (Wildman–Crippen LogP) is 4.01. The molecule has 0 bridgehead atoms. The third-order valence-corrected chi connectivity index (χ3v) is 6.51. The third-order valence-electron chi connectivity index (χ3n) is 5.32. The van der Waals surface area contributed by atoms with Gasteiger partial charge in [0.15, 0.2) is 6.10 Å². The summed E-state index contributed by atoms with van der Waals surface area (Å²) in [4.78, 5) is 19.8. The van der Waals surface area contributed by atoms with Crippen LogP contribution in [-0.4, -0.2) is 35.0 Å². The molecule has 3 heterocycles. The van der Waals surface area contributed by atoms with E-state index in [2.05, 4.69) is 18.2 Å². The summed E-state index contributed by atoms with van der Waals surface area (Å²) in [6, 6.07) is 16.2. The highest BCUT2D eigenvalue weighted by molar-refractivity contribution is 7.18. The van der Waals surface area contributed by atoms with Crippen LogP contribution >= 0.6 is 11.3 Å². The van der Waals surface area contributed by atoms with E-state index in [1.165, 1.54) is 4.70 Å². The highest BCUT2D eigenvalue weighted by Gasteiger charge is 2.35. The quantitative estimate of drug-likeness (QED) is 0.690. The highest BCUT2D eigenvalue weighted by atomic mass is 32.1. The van der Waals surface area contributed by atoms with Gasteiger partial charge in [-0.1, -0.05) is 30.3 Å². The lowest BCUT2D eigenvalue weighted by molar-refractivity contribution is -0.139. The van der Waals surface area contributed by atoms with E-state index in [0.717, 1.165) is 47.8 Å². The second kappa shape index (κ2) is 6.40. The van der Waals surface area contributed by atoms with Gasteiger partial charge < -0.3 is 9.64 Å². The molecule has 1 saturated heterocycles. The van der Waals surface area contributed by atoms with Gasteiger partial charge in [0.05, 0.1) is 15.2 Å². The van der Waals surface area contributed by atoms with E-state index in [0.29, 0.717) is 12.3 Å². The molecular weight excluding hydrogens is 344 g/mol. The van der Waals surface area contributed by atoms with Gasteiger partial charge in [0, 0.05) is 25.4 Å². The number of aromatic nitrogens is 1. The van der Waals surface area contributed by atoms with Gasteiger partial charge in [-0.3, -0.25) is 4.79 Å². The summed E-state index contributed by atoms with van der Waals surface area (Å²) in [7, 11) is 0. The topological polar surface area (TPSA) is 42.4 Å². The fourth-order valence-corrected chi connectivity index (χ4v) is 5.06. The maximum Gasteiger partial charge on any atom is 0.264 e. The van der Waals surface area contributed by atoms with E-state index in [-0.39, 0.29) is 12.0 Å². The molecule has 0 saturated carbocycles. The zero-order valence-electron chi connectivity index (χ0n) is 14.4. The standard InChI is InChI=1S/C21H20N2O2S/c24-21(18-12-14-6-1-3-9-17(14)25-18)23-11-5-7-15(13-23)20-22-16-8-2-4-10-19(16)26-20/h1-4,6,8-10,15,18H,5,7,11-13H2/t15-,18+/m1/s1. The first-order chi connectivity index (χ1) is 12.8. The molecule has 2 aliphatic heterocycles. The van der Waals surface area contributed by atoms with Crippen molar-refractivity contribution < 1.29 is 9.53 Å². The van der Waals surface area contributed by atoms with Crippen molar-refractivity contribution in [2.45, 2.75) is 31.3 Å². The number of fused-ring (bicyclic) bond motifs is 2. The summed E-state index contributed by atoms with van der Waals surface area (Å²) < 4.78 is 7.13. The van der Waals surface area contributed by atoms with Gasteiger partial charge in [-0.15, -0.1) is 11.3 Å². The fraction of sp³-hybridized carbons (Fsp3) is 0.333. The monoisotopic (exact) mass is 364 g/mol. The van der Waals surface area contributed by atoms with Crippen molar-refractivity contribution in [3.8, 4) is 5.75 Å². The average Bonchev–Trinajstić information content (AvgIpc) is 3.31. The fourth-order valence-electron chi connectivity index (χ4n) is 3.97. The number of rotatable bonds is 2. The molecule has 0 aliphatic carbocycles. The number of nitrogens with zero attached hydrogens (tertiary/aromatic N) is 2. The number of ether oxygens (including phenoxy) is 1. The molecule has 0 unspecified atom stereocenters. The van der Waals surface area contributed by atoms with Crippen molar-refractivity contribution in [3.05, 3.63) is 59.1 Å². The van der Waals surface area contributed by atoms with Crippen molar-refractivity contribution >= 4 is 27.5 Å². The molecule has 1 amide bonds. The van der Waals surface area contributed by atoms with E-state index in [1.807, 2.05) is 35.2 Å². The molecule has 0 N–H and O–H groups in total. The molecule has 2 aliphatic rings. The number of thiazole rings is 1. The SMILES string of the molecule is O=C([C@@H]1Cc2ccccc2O1)N1CCC[C@@H](c2nc3ccccc3s2)C1. The maximum absolute atomic E-state index is 13.0. The number of carbonyl (C=O) groups is 1. The van der Waals surface area contributed by atoms with Gasteiger partial charge in [0.1, 0.15) is 5.75 Å². The van der Waals surface area contributed by atoms with E-state index in [4.69, 9.17) is 9.72 Å². The minimum Gasteiger partial charge on any atom is -0.480 e. The number of para-hydroxylation sites is 2. The molecule has 3 aromatic rings.